The van der Waals surface area contributed by atoms with Crippen molar-refractivity contribution >= 4 is 13.5 Å². The molecule has 1 heterocycles. The molecule has 4 fully saturated rings. The third-order valence-corrected chi connectivity index (χ3v) is 8.92. The maximum absolute atomic E-state index is 3.95. The summed E-state index contributed by atoms with van der Waals surface area (Å²) in [5.74, 6) is 0. The Labute approximate surface area is 180 Å². The molecule has 0 N–H and O–H groups in total. The van der Waals surface area contributed by atoms with Crippen LogP contribution in [-0.4, -0.2) is 51.7 Å². The van der Waals surface area contributed by atoms with Crippen molar-refractivity contribution in [2.45, 2.75) is 153 Å². The Hall–Kier alpha value is -0.505. The van der Waals surface area contributed by atoms with Crippen molar-refractivity contribution in [2.24, 2.45) is 0 Å². The molecule has 0 atom stereocenters. The molecule has 0 aromatic rings. The van der Waals surface area contributed by atoms with E-state index in [-0.39, 0.29) is 0 Å². The molecule has 1 aliphatic heterocycles. The monoisotopic (exact) mass is 397 g/mol. The van der Waals surface area contributed by atoms with Crippen molar-refractivity contribution in [3.05, 3.63) is 0 Å². The lowest BCUT2D eigenvalue weighted by molar-refractivity contribution is -0.482. The Kier molecular flexibility index (Phi) is 6.86. The molecule has 162 valence electrons. The van der Waals surface area contributed by atoms with E-state index in [1.165, 1.54) is 128 Å². The average molecular weight is 397 g/mol. The van der Waals surface area contributed by atoms with E-state index in [4.69, 9.17) is 0 Å². The van der Waals surface area contributed by atoms with Gasteiger partial charge in [0.05, 0.1) is 12.1 Å². The topological polar surface area (TPSA) is 9.49 Å². The van der Waals surface area contributed by atoms with Crippen LogP contribution in [-0.2, 0) is 0 Å². The molecule has 5 rings (SSSR count). The summed E-state index contributed by atoms with van der Waals surface area (Å²) >= 11 is 0. The molecule has 4 heteroatoms. The van der Waals surface area contributed by atoms with Crippen LogP contribution in [0.15, 0.2) is 0 Å². The van der Waals surface area contributed by atoms with Crippen LogP contribution in [0.2, 0.25) is 0 Å². The molecule has 0 bridgehead atoms. The first-order valence-corrected chi connectivity index (χ1v) is 13.5. The quantitative estimate of drug-likeness (QED) is 0.426. The molecule has 4 saturated carbocycles. The van der Waals surface area contributed by atoms with Gasteiger partial charge in [-0.15, -0.1) is 6.34 Å². The molecule has 0 unspecified atom stereocenters. The highest BCUT2D eigenvalue weighted by Gasteiger charge is 2.53. The van der Waals surface area contributed by atoms with Gasteiger partial charge < -0.3 is 9.30 Å². The van der Waals surface area contributed by atoms with Gasteiger partial charge in [-0.2, -0.15) is 0 Å². The van der Waals surface area contributed by atoms with Gasteiger partial charge >= 0.3 is 7.12 Å². The molecule has 0 aromatic heterocycles. The predicted octanol–water partition coefficient (Wildman–Crippen LogP) is 5.84. The van der Waals surface area contributed by atoms with Crippen LogP contribution < -0.4 is 0 Å². The molecule has 5 aliphatic rings. The third-order valence-electron chi connectivity index (χ3n) is 8.92. The summed E-state index contributed by atoms with van der Waals surface area (Å²) in [5.41, 5.74) is 0. The maximum Gasteiger partial charge on any atom is 0.647 e. The minimum Gasteiger partial charge on any atom is -0.447 e. The van der Waals surface area contributed by atoms with Crippen LogP contribution in [0.3, 0.4) is 0 Å². The first kappa shape index (κ1) is 20.4. The third kappa shape index (κ3) is 4.43. The fraction of sp³-hybridized carbons (Fsp3) is 0.960. The van der Waals surface area contributed by atoms with Crippen molar-refractivity contribution in [1.29, 1.82) is 0 Å². The zero-order chi connectivity index (χ0) is 19.5. The number of rotatable bonds is 5. The van der Waals surface area contributed by atoms with Gasteiger partial charge in [-0.25, -0.2) is 0 Å². The smallest absolute Gasteiger partial charge is 0.447 e. The molecular weight excluding hydrogens is 353 g/mol. The zero-order valence-corrected chi connectivity index (χ0v) is 18.9. The Bertz CT molecular complexity index is 522. The summed E-state index contributed by atoms with van der Waals surface area (Å²) in [6, 6.07) is 3.19. The number of nitrogens with zero attached hydrogens (tertiary/aromatic N) is 3. The highest BCUT2D eigenvalue weighted by atomic mass is 15.4. The van der Waals surface area contributed by atoms with Crippen LogP contribution in [0.25, 0.3) is 0 Å². The first-order chi connectivity index (χ1) is 14.4. The lowest BCUT2D eigenvalue weighted by Gasteiger charge is -2.57. The molecule has 0 amide bonds. The highest BCUT2D eigenvalue weighted by Crippen LogP contribution is 2.37. The Morgan fingerprint density at radius 1 is 0.586 bits per heavy atom. The van der Waals surface area contributed by atoms with E-state index in [1.54, 1.807) is 0 Å². The van der Waals surface area contributed by atoms with E-state index in [2.05, 4.69) is 20.4 Å². The minimum absolute atomic E-state index is 0.549. The van der Waals surface area contributed by atoms with Gasteiger partial charge in [0.25, 0.3) is 0 Å². The molecule has 3 nitrogen and oxygen atoms in total. The summed E-state index contributed by atoms with van der Waals surface area (Å²) in [7, 11) is 0.549. The lowest BCUT2D eigenvalue weighted by Crippen LogP contribution is -2.75. The fourth-order valence-electron chi connectivity index (χ4n) is 7.29. The van der Waals surface area contributed by atoms with Gasteiger partial charge in [-0.05, 0) is 77.0 Å². The summed E-state index contributed by atoms with van der Waals surface area (Å²) in [5, 5.41) is 0. The van der Waals surface area contributed by atoms with E-state index in [1.807, 2.05) is 0 Å². The van der Waals surface area contributed by atoms with Gasteiger partial charge in [0, 0.05) is 12.1 Å². The van der Waals surface area contributed by atoms with Crippen molar-refractivity contribution in [3.63, 3.8) is 0 Å². The van der Waals surface area contributed by atoms with E-state index in [0.29, 0.717) is 7.12 Å². The van der Waals surface area contributed by atoms with E-state index in [9.17, 15) is 0 Å². The number of hydrogen-bond donors (Lipinski definition) is 0. The van der Waals surface area contributed by atoms with Crippen LogP contribution in [0.4, 0.5) is 0 Å². The van der Waals surface area contributed by atoms with Gasteiger partial charge in [-0.1, -0.05) is 51.4 Å². The summed E-state index contributed by atoms with van der Waals surface area (Å²) < 4.78 is 2.76. The van der Waals surface area contributed by atoms with Gasteiger partial charge in [0.1, 0.15) is 0 Å². The molecule has 0 aromatic carbocycles. The van der Waals surface area contributed by atoms with E-state index < -0.39 is 0 Å². The van der Waals surface area contributed by atoms with Crippen LogP contribution in [0.5, 0.6) is 0 Å². The Morgan fingerprint density at radius 2 is 1.03 bits per heavy atom. The van der Waals surface area contributed by atoms with Crippen molar-refractivity contribution < 1.29 is 4.49 Å². The molecule has 0 spiro atoms. The fourth-order valence-corrected chi connectivity index (χ4v) is 7.29. The molecule has 29 heavy (non-hydrogen) atoms. The second-order valence-electron chi connectivity index (χ2n) is 10.9. The van der Waals surface area contributed by atoms with Crippen LogP contribution in [0, 0.1) is 0 Å². The number of hydrogen-bond acceptors (Lipinski definition) is 2. The average Bonchev–Trinajstić information content (AvgIpc) is 2.79. The Balaban J connectivity index is 1.42. The minimum atomic E-state index is 0.549. The van der Waals surface area contributed by atoms with Crippen molar-refractivity contribution in [1.82, 2.24) is 9.62 Å². The lowest BCUT2D eigenvalue weighted by atomic mass is 9.69. The predicted molar refractivity (Wildman–Crippen MR) is 122 cm³/mol. The summed E-state index contributed by atoms with van der Waals surface area (Å²) in [4.78, 5) is 5.86. The summed E-state index contributed by atoms with van der Waals surface area (Å²) in [6.45, 7) is 0. The van der Waals surface area contributed by atoms with Crippen LogP contribution in [0.1, 0.15) is 128 Å². The SMILES string of the molecule is [C-]1=[N+](C2CCCCC2)B(N(C2CCCCC2)C2CCCCC2)N1C1CCCCC1. The summed E-state index contributed by atoms with van der Waals surface area (Å²) in [6.07, 6.45) is 32.8. The maximum atomic E-state index is 3.95. The van der Waals surface area contributed by atoms with Crippen LogP contribution >= 0.6 is 0 Å². The molecular formula is C25H44BN3. The molecule has 4 aliphatic carbocycles. The normalized spacial score (nSPS) is 29.2. The van der Waals surface area contributed by atoms with Crippen molar-refractivity contribution in [3.8, 4) is 0 Å². The Morgan fingerprint density at radius 3 is 1.55 bits per heavy atom. The molecule has 0 saturated heterocycles. The molecule has 0 radical (unpaired) electrons. The highest BCUT2D eigenvalue weighted by molar-refractivity contribution is 6.51. The second-order valence-corrected chi connectivity index (χ2v) is 10.9. The van der Waals surface area contributed by atoms with Gasteiger partial charge in [0.2, 0.25) is 0 Å². The second kappa shape index (κ2) is 9.75. The zero-order valence-electron chi connectivity index (χ0n) is 18.9. The van der Waals surface area contributed by atoms with E-state index >= 15 is 0 Å². The van der Waals surface area contributed by atoms with E-state index in [0.717, 1.165) is 24.2 Å². The van der Waals surface area contributed by atoms with Crippen molar-refractivity contribution in [2.75, 3.05) is 0 Å². The standard InChI is InChI=1S/C25H44BN3/c1-5-13-22(14-6-1)27-21-28(23-15-7-2-8-16-23)26(27)29(24-17-9-3-10-18-24)25-19-11-4-12-20-25/h22-25H,1-20H2. The van der Waals surface area contributed by atoms with Gasteiger partial charge in [0.15, 0.2) is 0 Å². The largest absolute Gasteiger partial charge is 0.647 e. The first-order valence-electron chi connectivity index (χ1n) is 13.5. The van der Waals surface area contributed by atoms with Gasteiger partial charge in [-0.3, -0.25) is 4.81 Å².